The van der Waals surface area contributed by atoms with Crippen LogP contribution < -0.4 is 16.0 Å². The van der Waals surface area contributed by atoms with Gasteiger partial charge in [-0.2, -0.15) is 0 Å². The van der Waals surface area contributed by atoms with Crippen molar-refractivity contribution in [3.05, 3.63) is 47.6 Å². The van der Waals surface area contributed by atoms with Crippen LogP contribution in [-0.4, -0.2) is 73.3 Å². The number of ether oxygens (including phenoxy) is 2. The highest BCUT2D eigenvalue weighted by molar-refractivity contribution is 6.13. The second-order valence-corrected chi connectivity index (χ2v) is 9.18. The van der Waals surface area contributed by atoms with Crippen LogP contribution in [0.15, 0.2) is 46.9 Å². The van der Waals surface area contributed by atoms with E-state index in [9.17, 15) is 4.79 Å². The Hall–Kier alpha value is -2.75. The SMILES string of the molecule is CCNC1(OC)C=C2N=C(c3ncccc3NC3CCN(C(C)C)CC3)NC(=O)C2C(OC)=C1. The molecule has 184 valence electrons. The summed E-state index contributed by atoms with van der Waals surface area (Å²) >= 11 is 0. The fraction of sp³-hybridized carbons (Fsp3) is 0.560. The largest absolute Gasteiger partial charge is 0.500 e. The maximum atomic E-state index is 13.2. The van der Waals surface area contributed by atoms with E-state index in [1.165, 1.54) is 0 Å². The molecule has 0 aromatic carbocycles. The molecule has 0 radical (unpaired) electrons. The van der Waals surface area contributed by atoms with E-state index in [1.807, 2.05) is 25.1 Å². The van der Waals surface area contributed by atoms with Gasteiger partial charge in [0.15, 0.2) is 11.6 Å². The summed E-state index contributed by atoms with van der Waals surface area (Å²) in [5.74, 6) is 0.0921. The zero-order valence-electron chi connectivity index (χ0n) is 20.7. The highest BCUT2D eigenvalue weighted by Gasteiger charge is 2.42. The molecule has 1 saturated heterocycles. The van der Waals surface area contributed by atoms with Crippen molar-refractivity contribution >= 4 is 17.4 Å². The molecule has 1 aliphatic carbocycles. The molecule has 34 heavy (non-hydrogen) atoms. The van der Waals surface area contributed by atoms with Crippen molar-refractivity contribution < 1.29 is 14.3 Å². The third kappa shape index (κ3) is 4.87. The number of piperidine rings is 1. The van der Waals surface area contributed by atoms with Crippen LogP contribution in [0.5, 0.6) is 0 Å². The van der Waals surface area contributed by atoms with Gasteiger partial charge in [0.05, 0.1) is 18.5 Å². The Morgan fingerprint density at radius 1 is 1.26 bits per heavy atom. The van der Waals surface area contributed by atoms with Crippen molar-refractivity contribution in [1.82, 2.24) is 20.5 Å². The van der Waals surface area contributed by atoms with Gasteiger partial charge >= 0.3 is 0 Å². The second-order valence-electron chi connectivity index (χ2n) is 9.18. The Labute approximate surface area is 201 Å². The average Bonchev–Trinajstić information content (AvgIpc) is 2.84. The van der Waals surface area contributed by atoms with E-state index in [1.54, 1.807) is 26.5 Å². The number of rotatable bonds is 8. The molecule has 1 aromatic rings. The first-order valence-corrected chi connectivity index (χ1v) is 12.0. The molecule has 3 N–H and O–H groups in total. The normalized spacial score (nSPS) is 25.8. The predicted octanol–water partition coefficient (Wildman–Crippen LogP) is 2.24. The van der Waals surface area contributed by atoms with Gasteiger partial charge in [-0.1, -0.05) is 6.92 Å². The number of hydrogen-bond donors (Lipinski definition) is 3. The Morgan fingerprint density at radius 3 is 2.68 bits per heavy atom. The third-order valence-corrected chi connectivity index (χ3v) is 6.72. The molecule has 0 bridgehead atoms. The molecule has 9 heteroatoms. The summed E-state index contributed by atoms with van der Waals surface area (Å²) < 4.78 is 11.3. The van der Waals surface area contributed by atoms with Crippen LogP contribution >= 0.6 is 0 Å². The number of nitrogens with zero attached hydrogens (tertiary/aromatic N) is 3. The minimum atomic E-state index is -0.895. The molecule has 3 aliphatic rings. The number of amidine groups is 1. The molecule has 1 fully saturated rings. The van der Waals surface area contributed by atoms with Crippen LogP contribution in [0, 0.1) is 5.92 Å². The molecule has 1 amide bonds. The van der Waals surface area contributed by atoms with Gasteiger partial charge in [0.1, 0.15) is 17.4 Å². The molecule has 1 aromatic heterocycles. The molecule has 2 unspecified atom stereocenters. The molecule has 2 aliphatic heterocycles. The maximum absolute atomic E-state index is 13.2. The van der Waals surface area contributed by atoms with Crippen molar-refractivity contribution in [2.45, 2.75) is 51.4 Å². The number of likely N-dealkylation sites (N-methyl/N-ethyl adjacent to an activating group) is 1. The minimum Gasteiger partial charge on any atom is -0.500 e. The minimum absolute atomic E-state index is 0.201. The van der Waals surface area contributed by atoms with E-state index in [4.69, 9.17) is 14.5 Å². The summed E-state index contributed by atoms with van der Waals surface area (Å²) in [6.45, 7) is 9.26. The first-order chi connectivity index (χ1) is 16.4. The number of carbonyl (C=O) groups excluding carboxylic acids is 1. The van der Waals surface area contributed by atoms with E-state index in [0.717, 1.165) is 31.6 Å². The summed E-state index contributed by atoms with van der Waals surface area (Å²) in [7, 11) is 3.17. The number of amides is 1. The van der Waals surface area contributed by atoms with Gasteiger partial charge in [0.2, 0.25) is 5.91 Å². The van der Waals surface area contributed by atoms with Crippen molar-refractivity contribution in [2.24, 2.45) is 10.9 Å². The van der Waals surface area contributed by atoms with Gasteiger partial charge in [-0.15, -0.1) is 0 Å². The second kappa shape index (κ2) is 10.2. The lowest BCUT2D eigenvalue weighted by Gasteiger charge is -2.36. The van der Waals surface area contributed by atoms with E-state index in [-0.39, 0.29) is 5.91 Å². The lowest BCUT2D eigenvalue weighted by molar-refractivity contribution is -0.122. The Balaban J connectivity index is 1.63. The number of hydrogen-bond acceptors (Lipinski definition) is 8. The van der Waals surface area contributed by atoms with Crippen molar-refractivity contribution in [1.29, 1.82) is 0 Å². The first-order valence-electron chi connectivity index (χ1n) is 12.0. The molecule has 4 rings (SSSR count). The quantitative estimate of drug-likeness (QED) is 0.503. The molecule has 2 atom stereocenters. The van der Waals surface area contributed by atoms with E-state index < -0.39 is 11.6 Å². The molecule has 3 heterocycles. The Morgan fingerprint density at radius 2 is 2.03 bits per heavy atom. The summed E-state index contributed by atoms with van der Waals surface area (Å²) in [6, 6.07) is 4.80. The molecule has 0 spiro atoms. The smallest absolute Gasteiger partial charge is 0.242 e. The van der Waals surface area contributed by atoms with Crippen molar-refractivity contribution in [3.8, 4) is 0 Å². The molecular weight excluding hydrogens is 432 g/mol. The fourth-order valence-electron chi connectivity index (χ4n) is 4.84. The van der Waals surface area contributed by atoms with Crippen LogP contribution in [0.2, 0.25) is 0 Å². The standard InChI is InChI=1S/C25H36N6O3/c1-6-27-25(34-5)14-19-21(20(15-25)33-4)24(32)30-23(29-19)22-18(8-7-11-26-22)28-17-9-12-31(13-10-17)16(2)3/h7-8,11,14-17,21,27-28H,6,9-10,12-13H2,1-5H3,(H,29,30,32). The van der Waals surface area contributed by atoms with Crippen LogP contribution in [0.3, 0.4) is 0 Å². The molecule has 9 nitrogen and oxygen atoms in total. The number of aliphatic imine (C=N–C) groups is 1. The highest BCUT2D eigenvalue weighted by atomic mass is 16.5. The van der Waals surface area contributed by atoms with Gasteiger partial charge in [0, 0.05) is 44.6 Å². The lowest BCUT2D eigenvalue weighted by atomic mass is 9.90. The van der Waals surface area contributed by atoms with Gasteiger partial charge in [-0.25, -0.2) is 4.99 Å². The first kappa shape index (κ1) is 24.4. The summed E-state index contributed by atoms with van der Waals surface area (Å²) in [6.07, 6.45) is 7.47. The number of carbonyl (C=O) groups is 1. The number of fused-ring (bicyclic) bond motifs is 1. The fourth-order valence-corrected chi connectivity index (χ4v) is 4.84. The summed E-state index contributed by atoms with van der Waals surface area (Å²) in [4.78, 5) is 25.1. The van der Waals surface area contributed by atoms with Gasteiger partial charge in [0.25, 0.3) is 0 Å². The summed E-state index contributed by atoms with van der Waals surface area (Å²) in [5.41, 5.74) is 1.17. The number of methoxy groups -OCH3 is 2. The molecule has 0 saturated carbocycles. The van der Waals surface area contributed by atoms with Crippen LogP contribution in [0.1, 0.15) is 39.3 Å². The van der Waals surface area contributed by atoms with Crippen molar-refractivity contribution in [3.63, 3.8) is 0 Å². The molecular formula is C25H36N6O3. The number of likely N-dealkylation sites (tertiary alicyclic amines) is 1. The monoisotopic (exact) mass is 468 g/mol. The van der Waals surface area contributed by atoms with Crippen LogP contribution in [0.25, 0.3) is 0 Å². The van der Waals surface area contributed by atoms with Crippen LogP contribution in [0.4, 0.5) is 5.69 Å². The number of anilines is 1. The Kier molecular flexibility index (Phi) is 7.35. The van der Waals surface area contributed by atoms with E-state index in [0.29, 0.717) is 41.6 Å². The third-order valence-electron chi connectivity index (χ3n) is 6.72. The van der Waals surface area contributed by atoms with Crippen molar-refractivity contribution in [2.75, 3.05) is 39.2 Å². The Bertz CT molecular complexity index is 996. The highest BCUT2D eigenvalue weighted by Crippen LogP contribution is 2.35. The van der Waals surface area contributed by atoms with Gasteiger partial charge < -0.3 is 25.0 Å². The zero-order valence-corrected chi connectivity index (χ0v) is 20.7. The maximum Gasteiger partial charge on any atom is 0.242 e. The topological polar surface area (TPSA) is 100 Å². The number of pyridine rings is 1. The van der Waals surface area contributed by atoms with E-state index in [2.05, 4.69) is 39.7 Å². The van der Waals surface area contributed by atoms with E-state index >= 15 is 0 Å². The predicted molar refractivity (Wildman–Crippen MR) is 132 cm³/mol. The lowest BCUT2D eigenvalue weighted by Crippen LogP contribution is -2.50. The zero-order chi connectivity index (χ0) is 24.3. The number of nitrogens with one attached hydrogen (secondary N) is 3. The average molecular weight is 469 g/mol. The summed E-state index contributed by atoms with van der Waals surface area (Å²) in [5, 5.41) is 9.90. The van der Waals surface area contributed by atoms with Crippen LogP contribution in [-0.2, 0) is 14.3 Å². The number of aromatic nitrogens is 1. The van der Waals surface area contributed by atoms with Gasteiger partial charge in [-0.3, -0.25) is 15.1 Å². The van der Waals surface area contributed by atoms with Gasteiger partial charge in [-0.05, 0) is 51.4 Å².